The van der Waals surface area contributed by atoms with Crippen molar-refractivity contribution in [2.45, 2.75) is 0 Å². The normalized spacial score (nSPS) is 11.0. The Balaban J connectivity index is 1.42. The Morgan fingerprint density at radius 3 is 2.68 bits per heavy atom. The van der Waals surface area contributed by atoms with Gasteiger partial charge in [-0.1, -0.05) is 35.1 Å². The van der Waals surface area contributed by atoms with Crippen LogP contribution in [0.4, 0.5) is 10.8 Å². The van der Waals surface area contributed by atoms with E-state index in [1.54, 1.807) is 35.1 Å². The number of hydrogen-bond donors (Lipinski definition) is 1. The summed E-state index contributed by atoms with van der Waals surface area (Å²) in [6.07, 6.45) is 3.57. The summed E-state index contributed by atoms with van der Waals surface area (Å²) < 4.78 is 1.06. The molecule has 0 radical (unpaired) electrons. The first-order chi connectivity index (χ1) is 13.7. The lowest BCUT2D eigenvalue weighted by molar-refractivity contribution is 1.32. The molecule has 0 saturated heterocycles. The number of halogens is 1. The van der Waals surface area contributed by atoms with Crippen LogP contribution in [-0.2, 0) is 0 Å². The van der Waals surface area contributed by atoms with E-state index in [-0.39, 0.29) is 0 Å². The Hall–Kier alpha value is -2.80. The number of nitrogens with zero attached hydrogens (tertiary/aromatic N) is 3. The molecule has 5 aromatic rings. The van der Waals surface area contributed by atoms with Crippen LogP contribution in [0.5, 0.6) is 0 Å². The van der Waals surface area contributed by atoms with E-state index in [0.717, 1.165) is 47.9 Å². The fourth-order valence-electron chi connectivity index (χ4n) is 2.87. The molecule has 0 fully saturated rings. The van der Waals surface area contributed by atoms with Gasteiger partial charge in [-0.05, 0) is 42.5 Å². The smallest absolute Gasteiger partial charge is 0.188 e. The van der Waals surface area contributed by atoms with Crippen molar-refractivity contribution < 1.29 is 0 Å². The minimum Gasteiger partial charge on any atom is -0.332 e. The molecule has 0 bridgehead atoms. The molecule has 7 heteroatoms. The van der Waals surface area contributed by atoms with Crippen LogP contribution < -0.4 is 5.32 Å². The molecule has 3 heterocycles. The first-order valence-corrected chi connectivity index (χ1v) is 10.6. The molecule has 0 atom stereocenters. The van der Waals surface area contributed by atoms with Crippen molar-refractivity contribution in [1.82, 2.24) is 15.0 Å². The molecule has 1 N–H and O–H groups in total. The van der Waals surface area contributed by atoms with Crippen LogP contribution in [0.15, 0.2) is 72.4 Å². The molecule has 0 aliphatic heterocycles. The Morgan fingerprint density at radius 2 is 1.79 bits per heavy atom. The van der Waals surface area contributed by atoms with Gasteiger partial charge in [-0.3, -0.25) is 4.98 Å². The summed E-state index contributed by atoms with van der Waals surface area (Å²) in [5, 5.41) is 8.01. The van der Waals surface area contributed by atoms with Gasteiger partial charge in [0.1, 0.15) is 5.01 Å². The molecule has 0 amide bonds. The van der Waals surface area contributed by atoms with Crippen LogP contribution in [0.25, 0.3) is 32.0 Å². The van der Waals surface area contributed by atoms with Crippen molar-refractivity contribution >= 4 is 55.3 Å². The zero-order chi connectivity index (χ0) is 18.9. The van der Waals surface area contributed by atoms with Gasteiger partial charge in [-0.25, -0.2) is 9.97 Å². The van der Waals surface area contributed by atoms with Gasteiger partial charge in [0.2, 0.25) is 0 Å². The number of rotatable bonds is 4. The molecule has 4 nitrogen and oxygen atoms in total. The molecule has 0 aliphatic rings. The Kier molecular flexibility index (Phi) is 4.52. The number of hydrogen-bond acceptors (Lipinski definition) is 6. The van der Waals surface area contributed by atoms with Gasteiger partial charge >= 0.3 is 0 Å². The number of fused-ring (bicyclic) bond motifs is 1. The second kappa shape index (κ2) is 7.31. The zero-order valence-corrected chi connectivity index (χ0v) is 16.9. The number of nitrogens with one attached hydrogen (secondary N) is 1. The number of pyridine rings is 1. The maximum Gasteiger partial charge on any atom is 0.188 e. The SMILES string of the molecule is Clc1ccc2nc(Nc3cccc(-c4csc(-c5ccncc5)n4)c3)sc2c1. The third-order valence-corrected chi connectivity index (χ3v) is 6.25. The van der Waals surface area contributed by atoms with Crippen LogP contribution in [0, 0.1) is 0 Å². The quantitative estimate of drug-likeness (QED) is 0.344. The third-order valence-electron chi connectivity index (χ3n) is 4.19. The highest BCUT2D eigenvalue weighted by Gasteiger charge is 2.09. The average Bonchev–Trinajstić information content (AvgIpc) is 3.35. The summed E-state index contributed by atoms with van der Waals surface area (Å²) in [6.45, 7) is 0. The lowest BCUT2D eigenvalue weighted by Crippen LogP contribution is -1.89. The molecular weight excluding hydrogens is 408 g/mol. The van der Waals surface area contributed by atoms with Crippen molar-refractivity contribution in [3.8, 4) is 21.8 Å². The van der Waals surface area contributed by atoms with Gasteiger partial charge in [-0.15, -0.1) is 11.3 Å². The molecule has 3 aromatic heterocycles. The van der Waals surface area contributed by atoms with Gasteiger partial charge in [0.25, 0.3) is 0 Å². The van der Waals surface area contributed by atoms with Crippen molar-refractivity contribution in [3.05, 3.63) is 77.4 Å². The van der Waals surface area contributed by atoms with Gasteiger partial charge in [0.05, 0.1) is 15.9 Å². The number of anilines is 2. The van der Waals surface area contributed by atoms with E-state index in [1.807, 2.05) is 42.5 Å². The van der Waals surface area contributed by atoms with E-state index >= 15 is 0 Å². The molecule has 0 aliphatic carbocycles. The number of aromatic nitrogens is 3. The predicted molar refractivity (Wildman–Crippen MR) is 119 cm³/mol. The van der Waals surface area contributed by atoms with Crippen LogP contribution in [0.1, 0.15) is 0 Å². The maximum absolute atomic E-state index is 6.07. The fraction of sp³-hybridized carbons (Fsp3) is 0. The minimum absolute atomic E-state index is 0.721. The van der Waals surface area contributed by atoms with E-state index in [1.165, 1.54) is 0 Å². The summed E-state index contributed by atoms with van der Waals surface area (Å²) >= 11 is 9.28. The van der Waals surface area contributed by atoms with E-state index in [4.69, 9.17) is 16.6 Å². The van der Waals surface area contributed by atoms with Crippen molar-refractivity contribution in [2.24, 2.45) is 0 Å². The zero-order valence-electron chi connectivity index (χ0n) is 14.5. The first-order valence-electron chi connectivity index (χ1n) is 8.54. The lowest BCUT2D eigenvalue weighted by Gasteiger charge is -2.04. The van der Waals surface area contributed by atoms with Crippen molar-refractivity contribution in [1.29, 1.82) is 0 Å². The summed E-state index contributed by atoms with van der Waals surface area (Å²) in [5.74, 6) is 0. The molecule has 136 valence electrons. The highest BCUT2D eigenvalue weighted by molar-refractivity contribution is 7.22. The Labute approximate surface area is 174 Å². The molecular formula is C21H13ClN4S2. The summed E-state index contributed by atoms with van der Waals surface area (Å²) in [5.41, 5.74) is 5.01. The van der Waals surface area contributed by atoms with E-state index in [0.29, 0.717) is 0 Å². The predicted octanol–water partition coefficient (Wildman–Crippen LogP) is 6.88. The second-order valence-electron chi connectivity index (χ2n) is 6.11. The van der Waals surface area contributed by atoms with Crippen LogP contribution in [0.3, 0.4) is 0 Å². The Morgan fingerprint density at radius 1 is 0.893 bits per heavy atom. The molecule has 2 aromatic carbocycles. The third kappa shape index (κ3) is 3.49. The topological polar surface area (TPSA) is 50.7 Å². The molecule has 28 heavy (non-hydrogen) atoms. The highest BCUT2D eigenvalue weighted by atomic mass is 35.5. The molecule has 0 unspecified atom stereocenters. The summed E-state index contributed by atoms with van der Waals surface area (Å²) in [6, 6.07) is 17.9. The number of thiazole rings is 2. The van der Waals surface area contributed by atoms with Gasteiger partial charge < -0.3 is 5.32 Å². The van der Waals surface area contributed by atoms with Gasteiger partial charge in [0.15, 0.2) is 5.13 Å². The molecule has 0 spiro atoms. The summed E-state index contributed by atoms with van der Waals surface area (Å²) in [4.78, 5) is 13.5. The standard InChI is InChI=1S/C21H13ClN4S2/c22-15-4-5-17-19(11-15)28-21(26-17)24-16-3-1-2-14(10-16)18-12-27-20(25-18)13-6-8-23-9-7-13/h1-12H,(H,24,26). The summed E-state index contributed by atoms with van der Waals surface area (Å²) in [7, 11) is 0. The van der Waals surface area contributed by atoms with Crippen molar-refractivity contribution in [3.63, 3.8) is 0 Å². The van der Waals surface area contributed by atoms with Gasteiger partial charge in [-0.2, -0.15) is 0 Å². The largest absolute Gasteiger partial charge is 0.332 e. The van der Waals surface area contributed by atoms with Crippen LogP contribution in [-0.4, -0.2) is 15.0 Å². The first kappa shape index (κ1) is 17.3. The molecule has 0 saturated carbocycles. The number of benzene rings is 2. The van der Waals surface area contributed by atoms with Gasteiger partial charge in [0, 0.05) is 39.6 Å². The highest BCUT2D eigenvalue weighted by Crippen LogP contribution is 2.33. The monoisotopic (exact) mass is 420 g/mol. The van der Waals surface area contributed by atoms with E-state index in [9.17, 15) is 0 Å². The van der Waals surface area contributed by atoms with Crippen molar-refractivity contribution in [2.75, 3.05) is 5.32 Å². The lowest BCUT2D eigenvalue weighted by atomic mass is 10.1. The van der Waals surface area contributed by atoms with Crippen LogP contribution in [0.2, 0.25) is 5.02 Å². The minimum atomic E-state index is 0.721. The maximum atomic E-state index is 6.07. The van der Waals surface area contributed by atoms with Crippen LogP contribution >= 0.6 is 34.3 Å². The van der Waals surface area contributed by atoms with E-state index in [2.05, 4.69) is 32.8 Å². The average molecular weight is 421 g/mol. The molecule has 5 rings (SSSR count). The fourth-order valence-corrected chi connectivity index (χ4v) is 4.86. The Bertz CT molecular complexity index is 1260. The second-order valence-corrected chi connectivity index (χ2v) is 8.44. The van der Waals surface area contributed by atoms with E-state index < -0.39 is 0 Å².